The lowest BCUT2D eigenvalue weighted by Gasteiger charge is -2.36. The van der Waals surface area contributed by atoms with Crippen molar-refractivity contribution in [3.05, 3.63) is 23.3 Å². The predicted octanol–water partition coefficient (Wildman–Crippen LogP) is 2.61. The molecule has 0 radical (unpaired) electrons. The van der Waals surface area contributed by atoms with Gasteiger partial charge in [-0.25, -0.2) is 0 Å². The molecule has 0 aliphatic heterocycles. The molecule has 0 aromatic heterocycles. The van der Waals surface area contributed by atoms with Crippen molar-refractivity contribution < 1.29 is 24.3 Å². The maximum absolute atomic E-state index is 12.8. The highest BCUT2D eigenvalue weighted by atomic mass is 16.3. The lowest BCUT2D eigenvalue weighted by Crippen LogP contribution is -2.62. The van der Waals surface area contributed by atoms with Crippen molar-refractivity contribution in [2.45, 2.75) is 60.0 Å². The van der Waals surface area contributed by atoms with Gasteiger partial charge in [-0.05, 0) is 34.1 Å². The number of carbonyl (C=O) groups is 4. The van der Waals surface area contributed by atoms with E-state index in [2.05, 4.69) is 0 Å². The number of ketones is 4. The molecule has 0 saturated heterocycles. The molecule has 3 unspecified atom stereocenters. The van der Waals surface area contributed by atoms with Crippen molar-refractivity contribution >= 4 is 23.1 Å². The first kappa shape index (κ1) is 21.2. The topological polar surface area (TPSA) is 88.5 Å². The molecule has 25 heavy (non-hydrogen) atoms. The van der Waals surface area contributed by atoms with E-state index in [4.69, 9.17) is 0 Å². The third-order valence-corrected chi connectivity index (χ3v) is 4.44. The fourth-order valence-electron chi connectivity index (χ4n) is 2.84. The standard InChI is InChI=1S/C20H28O5/c1-11(2)7-8-14-17(22)15(16(21)13(5)6)19(24)20(25,18(14)23)10-9-12(3)4/h7,9,13-15,25H,8,10H2,1-6H3. The third kappa shape index (κ3) is 4.40. The molecular weight excluding hydrogens is 320 g/mol. The molecule has 0 amide bonds. The quantitative estimate of drug-likeness (QED) is 0.589. The van der Waals surface area contributed by atoms with Crippen LogP contribution in [0.4, 0.5) is 0 Å². The third-order valence-electron chi connectivity index (χ3n) is 4.44. The summed E-state index contributed by atoms with van der Waals surface area (Å²) in [5.41, 5.74) is -0.573. The van der Waals surface area contributed by atoms with E-state index in [1.807, 2.05) is 13.8 Å². The van der Waals surface area contributed by atoms with E-state index >= 15 is 0 Å². The van der Waals surface area contributed by atoms with Crippen LogP contribution in [-0.2, 0) is 19.2 Å². The van der Waals surface area contributed by atoms with Gasteiger partial charge < -0.3 is 5.11 Å². The zero-order chi connectivity index (χ0) is 19.5. The molecule has 1 aliphatic rings. The van der Waals surface area contributed by atoms with Gasteiger partial charge in [0.25, 0.3) is 0 Å². The highest BCUT2D eigenvalue weighted by Gasteiger charge is 2.59. The maximum atomic E-state index is 12.8. The minimum atomic E-state index is -2.32. The molecule has 138 valence electrons. The number of aliphatic hydroxyl groups is 1. The summed E-state index contributed by atoms with van der Waals surface area (Å²) < 4.78 is 0. The van der Waals surface area contributed by atoms with Crippen molar-refractivity contribution in [2.24, 2.45) is 17.8 Å². The van der Waals surface area contributed by atoms with Crippen molar-refractivity contribution in [3.8, 4) is 0 Å². The second-order valence-corrected chi connectivity index (χ2v) is 7.54. The van der Waals surface area contributed by atoms with Crippen LogP contribution >= 0.6 is 0 Å². The van der Waals surface area contributed by atoms with Gasteiger partial charge in [-0.3, -0.25) is 19.2 Å². The van der Waals surface area contributed by atoms with Gasteiger partial charge in [-0.1, -0.05) is 37.1 Å². The van der Waals surface area contributed by atoms with Crippen LogP contribution in [0, 0.1) is 17.8 Å². The number of hydrogen-bond acceptors (Lipinski definition) is 5. The Hall–Kier alpha value is -1.88. The Bertz CT molecular complexity index is 645. The van der Waals surface area contributed by atoms with Crippen LogP contribution in [0.25, 0.3) is 0 Å². The van der Waals surface area contributed by atoms with Gasteiger partial charge in [0.05, 0.1) is 5.92 Å². The Morgan fingerprint density at radius 3 is 2.00 bits per heavy atom. The van der Waals surface area contributed by atoms with Crippen molar-refractivity contribution in [1.29, 1.82) is 0 Å². The molecule has 0 bridgehead atoms. The Kier molecular flexibility index (Phi) is 6.77. The molecule has 1 saturated carbocycles. The Labute approximate surface area is 149 Å². The summed E-state index contributed by atoms with van der Waals surface area (Å²) in [5, 5.41) is 10.8. The van der Waals surface area contributed by atoms with Crippen LogP contribution in [0.3, 0.4) is 0 Å². The second kappa shape index (κ2) is 8.00. The predicted molar refractivity (Wildman–Crippen MR) is 94.9 cm³/mol. The molecule has 5 nitrogen and oxygen atoms in total. The van der Waals surface area contributed by atoms with Crippen molar-refractivity contribution in [2.75, 3.05) is 0 Å². The molecule has 0 heterocycles. The first-order valence-corrected chi connectivity index (χ1v) is 8.58. The molecule has 3 atom stereocenters. The van der Waals surface area contributed by atoms with Gasteiger partial charge in [-0.2, -0.15) is 0 Å². The Morgan fingerprint density at radius 1 is 1.04 bits per heavy atom. The minimum Gasteiger partial charge on any atom is -0.374 e. The summed E-state index contributed by atoms with van der Waals surface area (Å²) in [6.07, 6.45) is 3.18. The van der Waals surface area contributed by atoms with Gasteiger partial charge in [0.15, 0.2) is 28.7 Å². The van der Waals surface area contributed by atoms with E-state index in [0.29, 0.717) is 0 Å². The minimum absolute atomic E-state index is 0.0896. The smallest absolute Gasteiger partial charge is 0.190 e. The van der Waals surface area contributed by atoms with Crippen molar-refractivity contribution in [1.82, 2.24) is 0 Å². The van der Waals surface area contributed by atoms with E-state index in [9.17, 15) is 24.3 Å². The van der Waals surface area contributed by atoms with E-state index in [1.54, 1.807) is 39.8 Å². The first-order chi connectivity index (χ1) is 11.4. The zero-order valence-electron chi connectivity index (χ0n) is 15.9. The van der Waals surface area contributed by atoms with Crippen LogP contribution in [0.5, 0.6) is 0 Å². The van der Waals surface area contributed by atoms with Gasteiger partial charge >= 0.3 is 0 Å². The Morgan fingerprint density at radius 2 is 1.56 bits per heavy atom. The maximum Gasteiger partial charge on any atom is 0.190 e. The fourth-order valence-corrected chi connectivity index (χ4v) is 2.84. The number of Topliss-reactive ketones (excluding diaryl/α,β-unsaturated/α-hetero) is 4. The number of rotatable bonds is 6. The molecular formula is C20H28O5. The van der Waals surface area contributed by atoms with Crippen molar-refractivity contribution in [3.63, 3.8) is 0 Å². The molecule has 1 aliphatic carbocycles. The molecule has 1 fully saturated rings. The molecule has 1 rings (SSSR count). The summed E-state index contributed by atoms with van der Waals surface area (Å²) in [4.78, 5) is 50.7. The van der Waals surface area contributed by atoms with E-state index in [1.165, 1.54) is 0 Å². The average Bonchev–Trinajstić information content (AvgIpc) is 2.50. The number of carbonyl (C=O) groups excluding carboxylic acids is 4. The van der Waals surface area contributed by atoms with Crippen LogP contribution in [0.2, 0.25) is 0 Å². The zero-order valence-corrected chi connectivity index (χ0v) is 15.9. The molecule has 0 spiro atoms. The molecule has 0 aromatic rings. The van der Waals surface area contributed by atoms with Gasteiger partial charge in [0, 0.05) is 12.3 Å². The summed E-state index contributed by atoms with van der Waals surface area (Å²) in [6, 6.07) is 0. The molecule has 5 heteroatoms. The van der Waals surface area contributed by atoms with Gasteiger partial charge in [0.1, 0.15) is 5.92 Å². The monoisotopic (exact) mass is 348 g/mol. The summed E-state index contributed by atoms with van der Waals surface area (Å²) in [7, 11) is 0. The lowest BCUT2D eigenvalue weighted by atomic mass is 9.65. The van der Waals surface area contributed by atoms with Gasteiger partial charge in [0.2, 0.25) is 0 Å². The summed E-state index contributed by atoms with van der Waals surface area (Å²) >= 11 is 0. The number of allylic oxidation sites excluding steroid dienone is 3. The van der Waals surface area contributed by atoms with E-state index in [-0.39, 0.29) is 12.8 Å². The van der Waals surface area contributed by atoms with E-state index in [0.717, 1.165) is 11.1 Å². The van der Waals surface area contributed by atoms with Crippen LogP contribution in [0.1, 0.15) is 54.4 Å². The van der Waals surface area contributed by atoms with Crippen LogP contribution in [0.15, 0.2) is 23.3 Å². The summed E-state index contributed by atoms with van der Waals surface area (Å²) in [6.45, 7) is 10.4. The SMILES string of the molecule is CC(C)=CCC1C(=O)C(C(=O)C(C)C)C(=O)C(O)(CC=C(C)C)C1=O. The second-order valence-electron chi connectivity index (χ2n) is 7.54. The van der Waals surface area contributed by atoms with Gasteiger partial charge in [-0.15, -0.1) is 0 Å². The van der Waals surface area contributed by atoms with Crippen LogP contribution in [-0.4, -0.2) is 33.8 Å². The normalized spacial score (nSPS) is 26.6. The highest BCUT2D eigenvalue weighted by molar-refractivity contribution is 6.35. The number of hydrogen-bond donors (Lipinski definition) is 1. The molecule has 0 aromatic carbocycles. The van der Waals surface area contributed by atoms with Crippen LogP contribution < -0.4 is 0 Å². The fraction of sp³-hybridized carbons (Fsp3) is 0.600. The first-order valence-electron chi connectivity index (χ1n) is 8.58. The highest BCUT2D eigenvalue weighted by Crippen LogP contribution is 2.34. The summed E-state index contributed by atoms with van der Waals surface area (Å²) in [5.74, 6) is -6.28. The largest absolute Gasteiger partial charge is 0.374 e. The Balaban J connectivity index is 3.42. The molecule has 1 N–H and O–H groups in total. The lowest BCUT2D eigenvalue weighted by molar-refractivity contribution is -0.166. The average molecular weight is 348 g/mol. The van der Waals surface area contributed by atoms with E-state index < -0.39 is 46.5 Å².